The van der Waals surface area contributed by atoms with Gasteiger partial charge in [0.15, 0.2) is 5.78 Å². The van der Waals surface area contributed by atoms with Crippen LogP contribution in [0, 0.1) is 17.3 Å². The Kier molecular flexibility index (Phi) is 11.1. The van der Waals surface area contributed by atoms with Crippen LogP contribution in [-0.4, -0.2) is 77.4 Å². The van der Waals surface area contributed by atoms with Crippen LogP contribution in [0.4, 0.5) is 5.69 Å². The van der Waals surface area contributed by atoms with Crippen LogP contribution in [0.2, 0.25) is 0 Å². The number of nitrogens with one attached hydrogen (secondary N) is 2. The van der Waals surface area contributed by atoms with Gasteiger partial charge in [-0.3, -0.25) is 14.4 Å². The maximum atomic E-state index is 15.0. The third-order valence-corrected chi connectivity index (χ3v) is 11.7. The molecule has 298 valence electrons. The summed E-state index contributed by atoms with van der Waals surface area (Å²) >= 11 is 0. The molecule has 3 aromatic carbocycles. The van der Waals surface area contributed by atoms with Gasteiger partial charge in [0.05, 0.1) is 37.5 Å². The Hall–Kier alpha value is -5.71. The van der Waals surface area contributed by atoms with E-state index >= 15 is 0 Å². The molecule has 0 radical (unpaired) electrons. The van der Waals surface area contributed by atoms with Crippen molar-refractivity contribution in [2.75, 3.05) is 25.6 Å². The number of hydrogen-bond donors (Lipinski definition) is 2. The predicted octanol–water partition coefficient (Wildman–Crippen LogP) is 6.93. The Bertz CT molecular complexity index is 2180. The van der Waals surface area contributed by atoms with Crippen molar-refractivity contribution in [3.05, 3.63) is 97.1 Å². The highest BCUT2D eigenvalue weighted by atomic mass is 16.5. The van der Waals surface area contributed by atoms with Gasteiger partial charge >= 0.3 is 5.97 Å². The number of aryl methyl sites for hydroxylation is 1. The number of nitrogens with zero attached hydrogens (tertiary/aromatic N) is 2. The van der Waals surface area contributed by atoms with Gasteiger partial charge in [-0.05, 0) is 55.4 Å². The van der Waals surface area contributed by atoms with E-state index in [1.807, 2.05) is 93.6 Å². The van der Waals surface area contributed by atoms with Gasteiger partial charge in [0.1, 0.15) is 29.2 Å². The minimum atomic E-state index is -1.25. The number of aromatic nitrogens is 1. The molecule has 6 atom stereocenters. The van der Waals surface area contributed by atoms with E-state index < -0.39 is 46.9 Å². The SMILES string of the molecule is C=CC1CC1(NC(=O)[C@@H]1C[C@@H](Oc2cc(-c3ccccc3)nc3cc(OC)ccc23)CN1C(=O)[C@@H](CC(=O)C1CCc2ccccc2N1)C(C)(C)C)C(=O)OCC. The second-order valence-corrected chi connectivity index (χ2v) is 16.4. The van der Waals surface area contributed by atoms with Crippen LogP contribution in [0.25, 0.3) is 22.2 Å². The van der Waals surface area contributed by atoms with Gasteiger partial charge in [-0.1, -0.05) is 75.4 Å². The Morgan fingerprint density at radius 2 is 1.81 bits per heavy atom. The number of rotatable bonds is 13. The van der Waals surface area contributed by atoms with Gasteiger partial charge < -0.3 is 29.7 Å². The number of benzene rings is 3. The molecule has 2 fully saturated rings. The molecular formula is C46H52N4O7. The second kappa shape index (κ2) is 16.0. The van der Waals surface area contributed by atoms with Crippen molar-refractivity contribution < 1.29 is 33.4 Å². The average molecular weight is 773 g/mol. The number of ketones is 1. The molecule has 2 aliphatic heterocycles. The third kappa shape index (κ3) is 8.10. The van der Waals surface area contributed by atoms with Gasteiger partial charge in [-0.2, -0.15) is 0 Å². The summed E-state index contributed by atoms with van der Waals surface area (Å²) in [4.78, 5) is 63.1. The number of fused-ring (bicyclic) bond motifs is 2. The highest BCUT2D eigenvalue weighted by Gasteiger charge is 2.62. The van der Waals surface area contributed by atoms with Crippen molar-refractivity contribution in [1.82, 2.24) is 15.2 Å². The molecule has 3 heterocycles. The largest absolute Gasteiger partial charge is 0.497 e. The van der Waals surface area contributed by atoms with Crippen molar-refractivity contribution >= 4 is 40.2 Å². The number of likely N-dealkylation sites (tertiary alicyclic amines) is 1. The molecule has 7 rings (SSSR count). The molecule has 0 spiro atoms. The van der Waals surface area contributed by atoms with E-state index in [-0.39, 0.29) is 43.6 Å². The van der Waals surface area contributed by atoms with E-state index in [1.165, 1.54) is 0 Å². The zero-order valence-corrected chi connectivity index (χ0v) is 33.4. The summed E-state index contributed by atoms with van der Waals surface area (Å²) in [6.07, 6.45) is 2.94. The Balaban J connectivity index is 1.20. The summed E-state index contributed by atoms with van der Waals surface area (Å²) in [6.45, 7) is 11.7. The number of anilines is 1. The van der Waals surface area contributed by atoms with Gasteiger partial charge in [-0.25, -0.2) is 9.78 Å². The number of amides is 2. The first-order chi connectivity index (χ1) is 27.3. The lowest BCUT2D eigenvalue weighted by Crippen LogP contribution is -2.55. The fourth-order valence-corrected chi connectivity index (χ4v) is 8.26. The first-order valence-electron chi connectivity index (χ1n) is 19.9. The number of carbonyl (C=O) groups is 4. The standard InChI is InChI=1S/C46H52N4O7/c1-7-30-26-46(30,44(54)56-8-2)49-42(52)39-23-32(57-41-25-37(28-14-10-9-11-15-28)48-38-22-31(55-6)19-20-33(38)41)27-50(39)43(53)34(45(3,4)5)24-40(51)36-21-18-29-16-12-13-17-35(29)47-36/h7,9-17,19-20,22,25,30,32,34,36,39,47H,1,8,18,21,23-24,26-27H2,2-6H3,(H,49,52)/t30?,32-,34-,36?,39+,46?/m1/s1. The molecule has 3 unspecified atom stereocenters. The van der Waals surface area contributed by atoms with Gasteiger partial charge in [0, 0.05) is 53.4 Å². The minimum absolute atomic E-state index is 0.00108. The number of esters is 1. The molecule has 11 nitrogen and oxygen atoms in total. The van der Waals surface area contributed by atoms with Crippen LogP contribution in [0.3, 0.4) is 0 Å². The first kappa shape index (κ1) is 39.5. The second-order valence-electron chi connectivity index (χ2n) is 16.4. The monoisotopic (exact) mass is 772 g/mol. The Labute approximate surface area is 334 Å². The van der Waals surface area contributed by atoms with Crippen molar-refractivity contribution in [3.8, 4) is 22.8 Å². The molecule has 1 saturated carbocycles. The van der Waals surface area contributed by atoms with Crippen LogP contribution in [0.5, 0.6) is 11.5 Å². The number of para-hydroxylation sites is 1. The maximum Gasteiger partial charge on any atom is 0.332 e. The number of pyridine rings is 1. The topological polar surface area (TPSA) is 136 Å². The summed E-state index contributed by atoms with van der Waals surface area (Å²) in [6, 6.07) is 23.8. The molecular weight excluding hydrogens is 721 g/mol. The lowest BCUT2D eigenvalue weighted by Gasteiger charge is -2.36. The van der Waals surface area contributed by atoms with Gasteiger partial charge in [0.25, 0.3) is 0 Å². The molecule has 1 aromatic heterocycles. The zero-order valence-electron chi connectivity index (χ0n) is 33.4. The molecule has 0 bridgehead atoms. The van der Waals surface area contributed by atoms with Crippen LogP contribution in [0.15, 0.2) is 91.5 Å². The van der Waals surface area contributed by atoms with Crippen molar-refractivity contribution in [2.24, 2.45) is 17.3 Å². The molecule has 1 saturated heterocycles. The van der Waals surface area contributed by atoms with Gasteiger partial charge in [0.2, 0.25) is 11.8 Å². The molecule has 57 heavy (non-hydrogen) atoms. The Morgan fingerprint density at radius 3 is 2.51 bits per heavy atom. The van der Waals surface area contributed by atoms with E-state index in [0.717, 1.165) is 28.6 Å². The van der Waals surface area contributed by atoms with E-state index in [9.17, 15) is 19.2 Å². The highest BCUT2D eigenvalue weighted by Crippen LogP contribution is 2.46. The van der Waals surface area contributed by atoms with E-state index in [0.29, 0.717) is 35.6 Å². The molecule has 11 heteroatoms. The van der Waals surface area contributed by atoms with E-state index in [2.05, 4.69) is 23.3 Å². The molecule has 2 amide bonds. The molecule has 1 aliphatic carbocycles. The summed E-state index contributed by atoms with van der Waals surface area (Å²) < 4.78 is 17.7. The summed E-state index contributed by atoms with van der Waals surface area (Å²) in [5.41, 5.74) is 2.47. The number of hydrogen-bond acceptors (Lipinski definition) is 9. The smallest absolute Gasteiger partial charge is 0.332 e. The minimum Gasteiger partial charge on any atom is -0.497 e. The fourth-order valence-electron chi connectivity index (χ4n) is 8.26. The van der Waals surface area contributed by atoms with Crippen LogP contribution >= 0.6 is 0 Å². The number of carbonyl (C=O) groups excluding carboxylic acids is 4. The van der Waals surface area contributed by atoms with E-state index in [1.54, 1.807) is 25.0 Å². The predicted molar refractivity (Wildman–Crippen MR) is 219 cm³/mol. The lowest BCUT2D eigenvalue weighted by atomic mass is 9.75. The van der Waals surface area contributed by atoms with Crippen LogP contribution in [-0.2, 0) is 30.3 Å². The quantitative estimate of drug-likeness (QED) is 0.110. The van der Waals surface area contributed by atoms with Crippen molar-refractivity contribution in [3.63, 3.8) is 0 Å². The van der Waals surface area contributed by atoms with Crippen molar-refractivity contribution in [2.45, 2.75) is 83.5 Å². The summed E-state index contributed by atoms with van der Waals surface area (Å²) in [5.74, 6) is -1.22. The average Bonchev–Trinajstić information content (AvgIpc) is 3.77. The van der Waals surface area contributed by atoms with E-state index in [4.69, 9.17) is 19.2 Å². The highest BCUT2D eigenvalue weighted by molar-refractivity contribution is 5.97. The summed E-state index contributed by atoms with van der Waals surface area (Å²) in [7, 11) is 1.60. The third-order valence-electron chi connectivity index (χ3n) is 11.7. The molecule has 4 aromatic rings. The van der Waals surface area contributed by atoms with Crippen molar-refractivity contribution in [1.29, 1.82) is 0 Å². The Morgan fingerprint density at radius 1 is 1.05 bits per heavy atom. The zero-order chi connectivity index (χ0) is 40.5. The van der Waals surface area contributed by atoms with Crippen LogP contribution < -0.4 is 20.1 Å². The molecule has 2 N–H and O–H groups in total. The maximum absolute atomic E-state index is 15.0. The first-order valence-corrected chi connectivity index (χ1v) is 19.9. The van der Waals surface area contributed by atoms with Crippen LogP contribution in [0.1, 0.15) is 58.9 Å². The van der Waals surface area contributed by atoms with Gasteiger partial charge in [-0.15, -0.1) is 6.58 Å². The normalized spacial score (nSPS) is 23.1. The molecule has 3 aliphatic rings. The fraction of sp³-hybridized carbons (Fsp3) is 0.413. The number of ether oxygens (including phenoxy) is 3. The number of Topliss-reactive ketones (excluding diaryl/α,β-unsaturated/α-hetero) is 1. The summed E-state index contributed by atoms with van der Waals surface area (Å²) in [5, 5.41) is 7.13. The number of methoxy groups -OCH3 is 1. The lowest BCUT2D eigenvalue weighted by molar-refractivity contribution is -0.151.